The highest BCUT2D eigenvalue weighted by Gasteiger charge is 2.18. The first-order chi connectivity index (χ1) is 8.58. The molecule has 0 aliphatic rings. The van der Waals surface area contributed by atoms with E-state index in [9.17, 15) is 5.11 Å². The highest BCUT2D eigenvalue weighted by molar-refractivity contribution is 9.10. The van der Waals surface area contributed by atoms with Gasteiger partial charge in [-0.05, 0) is 47.9 Å². The summed E-state index contributed by atoms with van der Waals surface area (Å²) >= 11 is 3.47. The Balaban J connectivity index is 2.28. The molecule has 1 aromatic carbocycles. The maximum absolute atomic E-state index is 10.5. The van der Waals surface area contributed by atoms with Crippen LogP contribution in [0.1, 0.15) is 35.6 Å². The molecule has 2 atom stereocenters. The molecular weight excluding hydrogens is 290 g/mol. The Morgan fingerprint density at radius 3 is 2.39 bits per heavy atom. The van der Waals surface area contributed by atoms with Crippen molar-refractivity contribution in [3.63, 3.8) is 0 Å². The maximum Gasteiger partial charge on any atom is 0.0856 e. The van der Waals surface area contributed by atoms with Crippen LogP contribution in [0.25, 0.3) is 0 Å². The van der Waals surface area contributed by atoms with Crippen LogP contribution >= 0.6 is 15.9 Å². The van der Waals surface area contributed by atoms with E-state index in [1.165, 1.54) is 0 Å². The fourth-order valence-corrected chi connectivity index (χ4v) is 2.70. The third-order valence-electron chi connectivity index (χ3n) is 3.11. The van der Waals surface area contributed by atoms with Crippen LogP contribution in [0, 0.1) is 6.92 Å². The van der Waals surface area contributed by atoms with E-state index < -0.39 is 6.10 Å². The van der Waals surface area contributed by atoms with Crippen LogP contribution in [0.15, 0.2) is 47.2 Å². The van der Waals surface area contributed by atoms with Crippen molar-refractivity contribution in [3.05, 3.63) is 63.9 Å². The minimum atomic E-state index is -0.511. The molecule has 0 saturated carbocycles. The lowest BCUT2D eigenvalue weighted by atomic mass is 9.91. The summed E-state index contributed by atoms with van der Waals surface area (Å²) < 4.78 is 0.999. The Labute approximate surface area is 116 Å². The van der Waals surface area contributed by atoms with Crippen LogP contribution in [0.5, 0.6) is 0 Å². The molecule has 0 spiro atoms. The van der Waals surface area contributed by atoms with Gasteiger partial charge in [-0.15, -0.1) is 0 Å². The average molecular weight is 306 g/mol. The number of aliphatic hydroxyl groups excluding tert-OH is 1. The molecule has 2 aromatic rings. The van der Waals surface area contributed by atoms with E-state index in [1.54, 1.807) is 12.4 Å². The lowest BCUT2D eigenvalue weighted by Crippen LogP contribution is -2.08. The fraction of sp³-hybridized carbons (Fsp3) is 0.267. The number of halogens is 1. The molecule has 0 bridgehead atoms. The van der Waals surface area contributed by atoms with Gasteiger partial charge in [-0.1, -0.05) is 28.9 Å². The molecular formula is C15H16BrNO. The van der Waals surface area contributed by atoms with Gasteiger partial charge < -0.3 is 5.11 Å². The van der Waals surface area contributed by atoms with Gasteiger partial charge >= 0.3 is 0 Å². The van der Waals surface area contributed by atoms with Crippen LogP contribution in [0.2, 0.25) is 0 Å². The van der Waals surface area contributed by atoms with Gasteiger partial charge in [-0.2, -0.15) is 0 Å². The fourth-order valence-electron chi connectivity index (χ4n) is 2.07. The number of pyridine rings is 1. The first kappa shape index (κ1) is 13.2. The van der Waals surface area contributed by atoms with Crippen LogP contribution < -0.4 is 0 Å². The number of hydrogen-bond acceptors (Lipinski definition) is 2. The van der Waals surface area contributed by atoms with E-state index in [0.717, 1.165) is 21.2 Å². The number of nitrogens with zero attached hydrogens (tertiary/aromatic N) is 1. The highest BCUT2D eigenvalue weighted by atomic mass is 79.9. The van der Waals surface area contributed by atoms with Crippen LogP contribution in [-0.2, 0) is 0 Å². The molecule has 0 fully saturated rings. The summed E-state index contributed by atoms with van der Waals surface area (Å²) in [4.78, 5) is 4.00. The second-order valence-electron chi connectivity index (χ2n) is 4.58. The second-order valence-corrected chi connectivity index (χ2v) is 5.49. The Bertz CT molecular complexity index is 507. The summed E-state index contributed by atoms with van der Waals surface area (Å²) in [7, 11) is 0. The quantitative estimate of drug-likeness (QED) is 0.930. The summed E-state index contributed by atoms with van der Waals surface area (Å²) in [6.07, 6.45) is 3.00. The topological polar surface area (TPSA) is 33.1 Å². The normalized spacial score (nSPS) is 14.2. The molecule has 1 aromatic heterocycles. The summed E-state index contributed by atoms with van der Waals surface area (Å²) in [6, 6.07) is 9.91. The van der Waals surface area contributed by atoms with Gasteiger partial charge in [0.1, 0.15) is 0 Å². The van der Waals surface area contributed by atoms with Crippen molar-refractivity contribution >= 4 is 15.9 Å². The van der Waals surface area contributed by atoms with Crippen molar-refractivity contribution in [2.45, 2.75) is 25.9 Å². The predicted molar refractivity (Wildman–Crippen MR) is 76.5 cm³/mol. The van der Waals surface area contributed by atoms with Gasteiger partial charge in [0.05, 0.1) is 6.10 Å². The third kappa shape index (κ3) is 2.98. The standard InChI is InChI=1S/C15H16BrNO/c1-10-7-13(9-14(16)8-10)15(18)11(2)12-3-5-17-6-4-12/h3-9,11,15,18H,1-2H3. The molecule has 3 heteroatoms. The minimum Gasteiger partial charge on any atom is -0.388 e. The molecule has 2 nitrogen and oxygen atoms in total. The number of aliphatic hydroxyl groups is 1. The van der Waals surface area contributed by atoms with Gasteiger partial charge in [0, 0.05) is 22.8 Å². The van der Waals surface area contributed by atoms with Gasteiger partial charge in [-0.25, -0.2) is 0 Å². The predicted octanol–water partition coefficient (Wildman–Crippen LogP) is 3.99. The van der Waals surface area contributed by atoms with E-state index in [0.29, 0.717) is 0 Å². The summed E-state index contributed by atoms with van der Waals surface area (Å²) in [5, 5.41) is 10.5. The molecule has 2 unspecified atom stereocenters. The SMILES string of the molecule is Cc1cc(Br)cc(C(O)C(C)c2ccncc2)c1. The van der Waals surface area contributed by atoms with E-state index in [-0.39, 0.29) is 5.92 Å². The molecule has 1 N–H and O–H groups in total. The summed E-state index contributed by atoms with van der Waals surface area (Å²) in [5.74, 6) is 0.0432. The zero-order valence-electron chi connectivity index (χ0n) is 10.5. The molecule has 0 radical (unpaired) electrons. The highest BCUT2D eigenvalue weighted by Crippen LogP contribution is 2.31. The first-order valence-electron chi connectivity index (χ1n) is 5.93. The Morgan fingerprint density at radius 2 is 1.78 bits per heavy atom. The molecule has 18 heavy (non-hydrogen) atoms. The number of aromatic nitrogens is 1. The smallest absolute Gasteiger partial charge is 0.0856 e. The number of hydrogen-bond donors (Lipinski definition) is 1. The Morgan fingerprint density at radius 1 is 1.11 bits per heavy atom. The maximum atomic E-state index is 10.5. The molecule has 0 aliphatic heterocycles. The monoisotopic (exact) mass is 305 g/mol. The summed E-state index contributed by atoms with van der Waals surface area (Å²) in [5.41, 5.74) is 3.17. The largest absolute Gasteiger partial charge is 0.388 e. The third-order valence-corrected chi connectivity index (χ3v) is 3.57. The number of aryl methyl sites for hydroxylation is 1. The van der Waals surface area contributed by atoms with Crippen LogP contribution in [0.4, 0.5) is 0 Å². The van der Waals surface area contributed by atoms with Crippen LogP contribution in [-0.4, -0.2) is 10.1 Å². The number of rotatable bonds is 3. The van der Waals surface area contributed by atoms with E-state index in [4.69, 9.17) is 0 Å². The van der Waals surface area contributed by atoms with Gasteiger partial charge in [-0.3, -0.25) is 4.98 Å². The Hall–Kier alpha value is -1.19. The minimum absolute atomic E-state index is 0.0432. The molecule has 2 rings (SSSR count). The number of benzene rings is 1. The van der Waals surface area contributed by atoms with Gasteiger partial charge in [0.15, 0.2) is 0 Å². The first-order valence-corrected chi connectivity index (χ1v) is 6.72. The van der Waals surface area contributed by atoms with Crippen molar-refractivity contribution in [1.82, 2.24) is 4.98 Å². The Kier molecular flexibility index (Phi) is 4.15. The van der Waals surface area contributed by atoms with Crippen molar-refractivity contribution < 1.29 is 5.11 Å². The van der Waals surface area contributed by atoms with Gasteiger partial charge in [0.25, 0.3) is 0 Å². The van der Waals surface area contributed by atoms with Crippen molar-refractivity contribution in [3.8, 4) is 0 Å². The molecule has 1 heterocycles. The van der Waals surface area contributed by atoms with Gasteiger partial charge in [0.2, 0.25) is 0 Å². The van der Waals surface area contributed by atoms with Crippen molar-refractivity contribution in [2.75, 3.05) is 0 Å². The van der Waals surface area contributed by atoms with Crippen LogP contribution in [0.3, 0.4) is 0 Å². The second kappa shape index (κ2) is 5.63. The molecule has 0 aliphatic carbocycles. The summed E-state index contributed by atoms with van der Waals surface area (Å²) in [6.45, 7) is 4.05. The molecule has 0 saturated heterocycles. The average Bonchev–Trinajstić information content (AvgIpc) is 2.37. The van der Waals surface area contributed by atoms with E-state index >= 15 is 0 Å². The van der Waals surface area contributed by atoms with E-state index in [1.807, 2.05) is 44.2 Å². The van der Waals surface area contributed by atoms with E-state index in [2.05, 4.69) is 20.9 Å². The molecule has 94 valence electrons. The zero-order chi connectivity index (χ0) is 13.1. The van der Waals surface area contributed by atoms with Crippen molar-refractivity contribution in [2.24, 2.45) is 0 Å². The molecule has 0 amide bonds. The van der Waals surface area contributed by atoms with Crippen molar-refractivity contribution in [1.29, 1.82) is 0 Å². The lowest BCUT2D eigenvalue weighted by molar-refractivity contribution is 0.151. The lowest BCUT2D eigenvalue weighted by Gasteiger charge is -2.20. The zero-order valence-corrected chi connectivity index (χ0v) is 12.1.